The van der Waals surface area contributed by atoms with Gasteiger partial charge in [0.1, 0.15) is 0 Å². The van der Waals surface area contributed by atoms with Gasteiger partial charge in [0.25, 0.3) is 5.91 Å². The molecule has 1 saturated heterocycles. The normalized spacial score (nSPS) is 16.9. The van der Waals surface area contributed by atoms with E-state index in [1.54, 1.807) is 11.0 Å². The SMILES string of the molecule is Cc1ccc(-c2cc(C(=O)N3CCC[C@@H](C(=O)NCCN(C)C)C3)no2)cc1C. The van der Waals surface area contributed by atoms with E-state index < -0.39 is 0 Å². The predicted octanol–water partition coefficient (Wildman–Crippen LogP) is 2.49. The van der Waals surface area contributed by atoms with Crippen LogP contribution in [-0.4, -0.2) is 67.0 Å². The number of nitrogens with zero attached hydrogens (tertiary/aromatic N) is 3. The number of piperidine rings is 1. The minimum atomic E-state index is -0.186. The number of hydrogen-bond acceptors (Lipinski definition) is 5. The number of hydrogen-bond donors (Lipinski definition) is 1. The Morgan fingerprint density at radius 1 is 1.24 bits per heavy atom. The molecule has 0 unspecified atom stereocenters. The Morgan fingerprint density at radius 2 is 2.03 bits per heavy atom. The molecule has 1 aromatic heterocycles. The molecule has 156 valence electrons. The van der Waals surface area contributed by atoms with Crippen LogP contribution in [0.2, 0.25) is 0 Å². The van der Waals surface area contributed by atoms with Gasteiger partial charge in [0.15, 0.2) is 11.5 Å². The molecule has 29 heavy (non-hydrogen) atoms. The Balaban J connectivity index is 1.63. The van der Waals surface area contributed by atoms with Crippen LogP contribution in [0.1, 0.15) is 34.5 Å². The van der Waals surface area contributed by atoms with Crippen LogP contribution < -0.4 is 5.32 Å². The van der Waals surface area contributed by atoms with Crippen molar-refractivity contribution >= 4 is 11.8 Å². The summed E-state index contributed by atoms with van der Waals surface area (Å²) in [5.41, 5.74) is 3.54. The number of carbonyl (C=O) groups is 2. The Labute approximate surface area is 172 Å². The molecule has 0 bridgehead atoms. The highest BCUT2D eigenvalue weighted by Gasteiger charge is 2.30. The van der Waals surface area contributed by atoms with Crippen LogP contribution in [-0.2, 0) is 4.79 Å². The third-order valence-electron chi connectivity index (χ3n) is 5.46. The van der Waals surface area contributed by atoms with Gasteiger partial charge < -0.3 is 19.6 Å². The van der Waals surface area contributed by atoms with Gasteiger partial charge in [0.05, 0.1) is 5.92 Å². The fourth-order valence-electron chi connectivity index (χ4n) is 3.49. The highest BCUT2D eigenvalue weighted by Crippen LogP contribution is 2.24. The molecule has 0 spiro atoms. The fraction of sp³-hybridized carbons (Fsp3) is 0.500. The molecule has 3 rings (SSSR count). The van der Waals surface area contributed by atoms with Gasteiger partial charge >= 0.3 is 0 Å². The van der Waals surface area contributed by atoms with Crippen molar-refractivity contribution in [2.45, 2.75) is 26.7 Å². The van der Waals surface area contributed by atoms with Crippen molar-refractivity contribution < 1.29 is 14.1 Å². The molecule has 1 aliphatic heterocycles. The van der Waals surface area contributed by atoms with Crippen molar-refractivity contribution in [1.29, 1.82) is 0 Å². The van der Waals surface area contributed by atoms with E-state index in [1.165, 1.54) is 5.56 Å². The number of aromatic nitrogens is 1. The third-order valence-corrected chi connectivity index (χ3v) is 5.46. The summed E-state index contributed by atoms with van der Waals surface area (Å²) < 4.78 is 5.43. The quantitative estimate of drug-likeness (QED) is 0.809. The Kier molecular flexibility index (Phi) is 6.69. The Bertz CT molecular complexity index is 875. The molecule has 7 heteroatoms. The number of nitrogens with one attached hydrogen (secondary N) is 1. The lowest BCUT2D eigenvalue weighted by Crippen LogP contribution is -2.46. The molecule has 1 N–H and O–H groups in total. The zero-order chi connectivity index (χ0) is 21.0. The lowest BCUT2D eigenvalue weighted by atomic mass is 9.97. The minimum Gasteiger partial charge on any atom is -0.355 e. The number of rotatable bonds is 6. The molecule has 1 fully saturated rings. The maximum Gasteiger partial charge on any atom is 0.276 e. The lowest BCUT2D eigenvalue weighted by Gasteiger charge is -2.31. The van der Waals surface area contributed by atoms with E-state index in [4.69, 9.17) is 4.52 Å². The first kappa shape index (κ1) is 21.0. The fourth-order valence-corrected chi connectivity index (χ4v) is 3.49. The molecular weight excluding hydrogens is 368 g/mol. The molecule has 2 amide bonds. The van der Waals surface area contributed by atoms with Gasteiger partial charge in [-0.15, -0.1) is 0 Å². The van der Waals surface area contributed by atoms with Crippen LogP contribution >= 0.6 is 0 Å². The van der Waals surface area contributed by atoms with Gasteiger partial charge in [0, 0.05) is 37.8 Å². The van der Waals surface area contributed by atoms with Crippen LogP contribution in [0.15, 0.2) is 28.8 Å². The van der Waals surface area contributed by atoms with E-state index in [0.717, 1.165) is 30.5 Å². The van der Waals surface area contributed by atoms with Gasteiger partial charge in [-0.05, 0) is 58.0 Å². The van der Waals surface area contributed by atoms with E-state index >= 15 is 0 Å². The number of aryl methyl sites for hydroxylation is 2. The molecule has 2 heterocycles. The van der Waals surface area contributed by atoms with Crippen LogP contribution in [0.3, 0.4) is 0 Å². The van der Waals surface area contributed by atoms with E-state index in [2.05, 4.69) is 17.4 Å². The van der Waals surface area contributed by atoms with Crippen molar-refractivity contribution in [2.24, 2.45) is 5.92 Å². The zero-order valence-corrected chi connectivity index (χ0v) is 17.7. The second-order valence-corrected chi connectivity index (χ2v) is 8.06. The summed E-state index contributed by atoms with van der Waals surface area (Å²) >= 11 is 0. The van der Waals surface area contributed by atoms with Crippen LogP contribution in [0.5, 0.6) is 0 Å². The summed E-state index contributed by atoms with van der Waals surface area (Å²) in [6.45, 7) is 6.54. The van der Waals surface area contributed by atoms with Crippen molar-refractivity contribution in [3.8, 4) is 11.3 Å². The highest BCUT2D eigenvalue weighted by atomic mass is 16.5. The summed E-state index contributed by atoms with van der Waals surface area (Å²) in [4.78, 5) is 29.1. The second kappa shape index (κ2) is 9.22. The van der Waals surface area contributed by atoms with Crippen LogP contribution in [0.4, 0.5) is 0 Å². The lowest BCUT2D eigenvalue weighted by molar-refractivity contribution is -0.126. The highest BCUT2D eigenvalue weighted by molar-refractivity contribution is 5.93. The molecule has 1 aliphatic rings. The molecule has 0 saturated carbocycles. The third kappa shape index (κ3) is 5.23. The monoisotopic (exact) mass is 398 g/mol. The van der Waals surface area contributed by atoms with E-state index in [1.807, 2.05) is 44.1 Å². The molecular formula is C22H30N4O3. The average molecular weight is 399 g/mol. The van der Waals surface area contributed by atoms with Crippen LogP contribution in [0, 0.1) is 19.8 Å². The van der Waals surface area contributed by atoms with Gasteiger partial charge in [-0.25, -0.2) is 0 Å². The molecule has 1 aromatic carbocycles. The minimum absolute atomic E-state index is 0.0142. The summed E-state index contributed by atoms with van der Waals surface area (Å²) in [6.07, 6.45) is 1.60. The molecule has 0 radical (unpaired) electrons. The number of likely N-dealkylation sites (N-methyl/N-ethyl adjacent to an activating group) is 1. The molecule has 0 aliphatic carbocycles. The van der Waals surface area contributed by atoms with Crippen molar-refractivity contribution in [1.82, 2.24) is 20.3 Å². The number of carbonyl (C=O) groups excluding carboxylic acids is 2. The summed E-state index contributed by atoms with van der Waals surface area (Å²) in [7, 11) is 3.94. The zero-order valence-electron chi connectivity index (χ0n) is 17.7. The van der Waals surface area contributed by atoms with Gasteiger partial charge in [-0.3, -0.25) is 9.59 Å². The van der Waals surface area contributed by atoms with Crippen molar-refractivity contribution in [3.63, 3.8) is 0 Å². The Morgan fingerprint density at radius 3 is 2.76 bits per heavy atom. The summed E-state index contributed by atoms with van der Waals surface area (Å²) in [5.74, 6) is 0.224. The Hall–Kier alpha value is -2.67. The first-order chi connectivity index (χ1) is 13.8. The maximum atomic E-state index is 12.9. The number of likely N-dealkylation sites (tertiary alicyclic amines) is 1. The maximum absolute atomic E-state index is 12.9. The topological polar surface area (TPSA) is 78.7 Å². The summed E-state index contributed by atoms with van der Waals surface area (Å²) in [6, 6.07) is 7.71. The van der Waals surface area contributed by atoms with E-state index in [9.17, 15) is 9.59 Å². The number of amides is 2. The first-order valence-corrected chi connectivity index (χ1v) is 10.1. The van der Waals surface area contributed by atoms with E-state index in [0.29, 0.717) is 25.4 Å². The first-order valence-electron chi connectivity index (χ1n) is 10.1. The van der Waals surface area contributed by atoms with Crippen molar-refractivity contribution in [3.05, 3.63) is 41.1 Å². The average Bonchev–Trinajstić information content (AvgIpc) is 3.19. The largest absolute Gasteiger partial charge is 0.355 e. The second-order valence-electron chi connectivity index (χ2n) is 8.06. The summed E-state index contributed by atoms with van der Waals surface area (Å²) in [5, 5.41) is 6.95. The smallest absolute Gasteiger partial charge is 0.276 e. The predicted molar refractivity (Wildman–Crippen MR) is 112 cm³/mol. The molecule has 7 nitrogen and oxygen atoms in total. The molecule has 2 aromatic rings. The van der Waals surface area contributed by atoms with E-state index in [-0.39, 0.29) is 23.4 Å². The van der Waals surface area contributed by atoms with Gasteiger partial charge in [-0.1, -0.05) is 17.3 Å². The molecule has 1 atom stereocenters. The number of benzene rings is 1. The van der Waals surface area contributed by atoms with Crippen molar-refractivity contribution in [2.75, 3.05) is 40.3 Å². The van der Waals surface area contributed by atoms with Gasteiger partial charge in [0.2, 0.25) is 5.91 Å². The van der Waals surface area contributed by atoms with Gasteiger partial charge in [-0.2, -0.15) is 0 Å². The van der Waals surface area contributed by atoms with Crippen LogP contribution in [0.25, 0.3) is 11.3 Å². The standard InChI is InChI=1S/C22H30N4O3/c1-15-7-8-17(12-16(15)2)20-13-19(24-29-20)22(28)26-10-5-6-18(14-26)21(27)23-9-11-25(3)4/h7-8,12-13,18H,5-6,9-11,14H2,1-4H3,(H,23,27)/t18-/m1/s1.